The van der Waals surface area contributed by atoms with E-state index in [0.717, 1.165) is 0 Å². The quantitative estimate of drug-likeness (QED) is 0.471. The molecule has 0 atom stereocenters. The first-order chi connectivity index (χ1) is 7.60. The van der Waals surface area contributed by atoms with Crippen LogP contribution in [0.5, 0.6) is 5.75 Å². The van der Waals surface area contributed by atoms with E-state index in [1.807, 2.05) is 22.6 Å². The molecule has 0 fully saturated rings. The van der Waals surface area contributed by atoms with Gasteiger partial charge in [-0.05, 0) is 28.2 Å². The second-order valence-electron chi connectivity index (χ2n) is 2.66. The van der Waals surface area contributed by atoms with Gasteiger partial charge in [-0.15, -0.1) is 0 Å². The average Bonchev–Trinajstić information content (AvgIpc) is 2.29. The molecule has 0 aliphatic carbocycles. The van der Waals surface area contributed by atoms with Crippen molar-refractivity contribution in [2.24, 2.45) is 0 Å². The molecule has 1 rings (SSSR count). The molecule has 0 radical (unpaired) electrons. The molecule has 16 heavy (non-hydrogen) atoms. The van der Waals surface area contributed by atoms with E-state index in [-0.39, 0.29) is 11.5 Å². The van der Waals surface area contributed by atoms with Crippen molar-refractivity contribution in [1.29, 1.82) is 0 Å². The monoisotopic (exact) mass is 352 g/mol. The lowest BCUT2D eigenvalue weighted by Gasteiger charge is -2.03. The maximum absolute atomic E-state index is 11.6. The Morgan fingerprint density at radius 1 is 1.31 bits per heavy atom. The van der Waals surface area contributed by atoms with Crippen LogP contribution in [0.4, 0.5) is 0 Å². The molecule has 0 aromatic heterocycles. The summed E-state index contributed by atoms with van der Waals surface area (Å²) in [5.74, 6) is 3.10. The van der Waals surface area contributed by atoms with Gasteiger partial charge in [0.1, 0.15) is 12.4 Å². The molecule has 0 unspecified atom stereocenters. The van der Waals surface area contributed by atoms with Crippen molar-refractivity contribution in [2.45, 2.75) is 4.90 Å². The van der Waals surface area contributed by atoms with E-state index >= 15 is 0 Å². The highest BCUT2D eigenvalue weighted by Gasteiger charge is 2.14. The van der Waals surface area contributed by atoms with Gasteiger partial charge in [0.05, 0.1) is 12.0 Å². The van der Waals surface area contributed by atoms with Crippen molar-refractivity contribution in [3.05, 3.63) is 24.3 Å². The van der Waals surface area contributed by atoms with Crippen LogP contribution in [0.25, 0.3) is 0 Å². The molecule has 0 spiro atoms. The second kappa shape index (κ2) is 6.08. The highest BCUT2D eigenvalue weighted by molar-refractivity contribution is 14.1. The van der Waals surface area contributed by atoms with E-state index in [4.69, 9.17) is 4.74 Å². The number of ether oxygens (including phenoxy) is 1. The Balaban J connectivity index is 2.84. The summed E-state index contributed by atoms with van der Waals surface area (Å²) in [6.45, 7) is -0.142. The number of hydrogen-bond acceptors (Lipinski definition) is 4. The van der Waals surface area contributed by atoms with E-state index in [9.17, 15) is 8.42 Å². The Morgan fingerprint density at radius 3 is 2.44 bits per heavy atom. The lowest BCUT2D eigenvalue weighted by molar-refractivity contribution is 0.363. The molecule has 0 bridgehead atoms. The molecule has 1 aromatic carbocycles. The Kier molecular flexibility index (Phi) is 5.05. The largest absolute Gasteiger partial charge is 0.497 e. The summed E-state index contributed by atoms with van der Waals surface area (Å²) < 4.78 is 35.3. The molecule has 0 N–H and O–H groups in total. The zero-order valence-electron chi connectivity index (χ0n) is 8.44. The maximum Gasteiger partial charge on any atom is 0.297 e. The van der Waals surface area contributed by atoms with Gasteiger partial charge in [-0.1, -0.05) is 5.92 Å². The van der Waals surface area contributed by atoms with Gasteiger partial charge in [-0.2, -0.15) is 8.42 Å². The predicted octanol–water partition coefficient (Wildman–Crippen LogP) is 1.80. The summed E-state index contributed by atoms with van der Waals surface area (Å²) in [6.07, 6.45) is 0. The van der Waals surface area contributed by atoms with Gasteiger partial charge in [0, 0.05) is 22.6 Å². The van der Waals surface area contributed by atoms with Crippen molar-refractivity contribution < 1.29 is 17.3 Å². The third-order valence-electron chi connectivity index (χ3n) is 1.70. The number of methoxy groups -OCH3 is 1. The predicted molar refractivity (Wildman–Crippen MR) is 67.9 cm³/mol. The molecule has 4 nitrogen and oxygen atoms in total. The first kappa shape index (κ1) is 13.3. The molecule has 86 valence electrons. The SMILES string of the molecule is COc1ccc(S(=O)(=O)OCC#CI)cc1. The van der Waals surface area contributed by atoms with Crippen molar-refractivity contribution in [3.63, 3.8) is 0 Å². The van der Waals surface area contributed by atoms with Crippen LogP contribution < -0.4 is 4.74 Å². The summed E-state index contributed by atoms with van der Waals surface area (Å²) in [4.78, 5) is 0.0866. The van der Waals surface area contributed by atoms with Crippen LogP contribution in [-0.4, -0.2) is 22.1 Å². The molecule has 0 aliphatic rings. The van der Waals surface area contributed by atoms with Crippen LogP contribution in [0, 0.1) is 9.85 Å². The minimum Gasteiger partial charge on any atom is -0.497 e. The second-order valence-corrected chi connectivity index (χ2v) is 4.82. The molecule has 0 aliphatic heterocycles. The fourth-order valence-corrected chi connectivity index (χ4v) is 1.92. The van der Waals surface area contributed by atoms with E-state index in [1.54, 1.807) is 12.1 Å². The van der Waals surface area contributed by atoms with Crippen LogP contribution in [0.3, 0.4) is 0 Å². The van der Waals surface area contributed by atoms with Crippen LogP contribution >= 0.6 is 22.6 Å². The Bertz CT molecular complexity index is 496. The topological polar surface area (TPSA) is 52.6 Å². The summed E-state index contributed by atoms with van der Waals surface area (Å²) in [6, 6.07) is 5.96. The van der Waals surface area contributed by atoms with Gasteiger partial charge >= 0.3 is 0 Å². The van der Waals surface area contributed by atoms with Gasteiger partial charge in [0.15, 0.2) is 0 Å². The van der Waals surface area contributed by atoms with Crippen molar-refractivity contribution >= 4 is 32.7 Å². The Labute approximate surface area is 108 Å². The van der Waals surface area contributed by atoms with Crippen LogP contribution in [-0.2, 0) is 14.3 Å². The number of benzene rings is 1. The molecule has 0 saturated heterocycles. The minimum atomic E-state index is -3.72. The van der Waals surface area contributed by atoms with Gasteiger partial charge in [0.2, 0.25) is 0 Å². The lowest BCUT2D eigenvalue weighted by atomic mass is 10.3. The molecular weight excluding hydrogens is 343 g/mol. The smallest absolute Gasteiger partial charge is 0.297 e. The molecule has 0 amide bonds. The van der Waals surface area contributed by atoms with Gasteiger partial charge in [0.25, 0.3) is 10.1 Å². The minimum absolute atomic E-state index is 0.0866. The summed E-state index contributed by atoms with van der Waals surface area (Å²) in [5.41, 5.74) is 0. The van der Waals surface area contributed by atoms with Crippen molar-refractivity contribution in [1.82, 2.24) is 0 Å². The van der Waals surface area contributed by atoms with E-state index in [0.29, 0.717) is 5.75 Å². The zero-order chi connectivity index (χ0) is 12.0. The number of halogens is 1. The zero-order valence-corrected chi connectivity index (χ0v) is 11.4. The standard InChI is InChI=1S/C10H9IO4S/c1-14-9-3-5-10(6-4-9)16(12,13)15-8-2-7-11/h3-6H,8H2,1H3. The van der Waals surface area contributed by atoms with E-state index in [2.05, 4.69) is 14.0 Å². The molecular formula is C10H9IO4S. The number of rotatable bonds is 4. The van der Waals surface area contributed by atoms with E-state index in [1.165, 1.54) is 19.2 Å². The molecule has 1 aromatic rings. The first-order valence-electron chi connectivity index (χ1n) is 4.22. The highest BCUT2D eigenvalue weighted by atomic mass is 127. The van der Waals surface area contributed by atoms with Crippen LogP contribution in [0.1, 0.15) is 0 Å². The average molecular weight is 352 g/mol. The maximum atomic E-state index is 11.6. The van der Waals surface area contributed by atoms with Gasteiger partial charge in [-0.25, -0.2) is 0 Å². The summed E-state index contributed by atoms with van der Waals surface area (Å²) in [7, 11) is -2.21. The molecule has 0 heterocycles. The number of hydrogen-bond donors (Lipinski definition) is 0. The Morgan fingerprint density at radius 2 is 1.94 bits per heavy atom. The van der Waals surface area contributed by atoms with Gasteiger partial charge < -0.3 is 4.74 Å². The van der Waals surface area contributed by atoms with Crippen molar-refractivity contribution in [3.8, 4) is 15.6 Å². The molecule has 6 heteroatoms. The third-order valence-corrected chi connectivity index (χ3v) is 3.36. The lowest BCUT2D eigenvalue weighted by Crippen LogP contribution is -2.06. The van der Waals surface area contributed by atoms with Gasteiger partial charge in [-0.3, -0.25) is 4.18 Å². The van der Waals surface area contributed by atoms with Crippen molar-refractivity contribution in [2.75, 3.05) is 13.7 Å². The van der Waals surface area contributed by atoms with E-state index < -0.39 is 10.1 Å². The first-order valence-corrected chi connectivity index (χ1v) is 6.71. The summed E-state index contributed by atoms with van der Waals surface area (Å²) in [5, 5.41) is 0. The van der Waals surface area contributed by atoms with Crippen LogP contribution in [0.15, 0.2) is 29.2 Å². The third kappa shape index (κ3) is 3.66. The fraction of sp³-hybridized carbons (Fsp3) is 0.200. The van der Waals surface area contributed by atoms with Crippen LogP contribution in [0.2, 0.25) is 0 Å². The Hall–Kier alpha value is -0.780. The summed E-state index contributed by atoms with van der Waals surface area (Å²) >= 11 is 1.81. The normalized spacial score (nSPS) is 10.4. The fourth-order valence-electron chi connectivity index (χ4n) is 0.945. The highest BCUT2D eigenvalue weighted by Crippen LogP contribution is 2.17. The molecule has 0 saturated carbocycles.